The number of para-hydroxylation sites is 1. The highest BCUT2D eigenvalue weighted by Gasteiger charge is 2.24. The summed E-state index contributed by atoms with van der Waals surface area (Å²) >= 11 is 0. The van der Waals surface area contributed by atoms with Crippen LogP contribution < -0.4 is 5.32 Å². The highest BCUT2D eigenvalue weighted by Crippen LogP contribution is 2.23. The maximum Gasteiger partial charge on any atom is 0.340 e. The van der Waals surface area contributed by atoms with E-state index in [4.69, 9.17) is 9.47 Å². The Balaban J connectivity index is 2.08. The molecule has 2 aromatic rings. The molecule has 0 aliphatic carbocycles. The van der Waals surface area contributed by atoms with Gasteiger partial charge in [0.1, 0.15) is 6.04 Å². The first-order valence-electron chi connectivity index (χ1n) is 9.14. The van der Waals surface area contributed by atoms with Gasteiger partial charge >= 0.3 is 11.9 Å². The van der Waals surface area contributed by atoms with Crippen molar-refractivity contribution in [3.63, 3.8) is 0 Å². The highest BCUT2D eigenvalue weighted by atomic mass is 16.5. The van der Waals surface area contributed by atoms with Crippen molar-refractivity contribution in [3.05, 3.63) is 41.1 Å². The molecule has 1 heterocycles. The van der Waals surface area contributed by atoms with Gasteiger partial charge in [-0.2, -0.15) is 0 Å². The minimum Gasteiger partial charge on any atom is -0.467 e. The topological polar surface area (TPSA) is 94.6 Å². The van der Waals surface area contributed by atoms with E-state index in [9.17, 15) is 14.4 Å². The Labute approximate surface area is 164 Å². The van der Waals surface area contributed by atoms with Crippen molar-refractivity contribution in [1.82, 2.24) is 10.3 Å². The van der Waals surface area contributed by atoms with Gasteiger partial charge < -0.3 is 14.8 Å². The van der Waals surface area contributed by atoms with Gasteiger partial charge in [-0.15, -0.1) is 0 Å². The number of rotatable bonds is 7. The molecule has 7 heteroatoms. The van der Waals surface area contributed by atoms with Crippen molar-refractivity contribution in [3.8, 4) is 0 Å². The fraction of sp³-hybridized carbons (Fsp3) is 0.429. The molecular weight excluding hydrogens is 360 g/mol. The molecule has 0 unspecified atom stereocenters. The van der Waals surface area contributed by atoms with Gasteiger partial charge in [0, 0.05) is 5.39 Å². The van der Waals surface area contributed by atoms with Crippen LogP contribution in [-0.4, -0.2) is 42.6 Å². The average Bonchev–Trinajstić information content (AvgIpc) is 2.64. The number of ether oxygens (including phenoxy) is 2. The van der Waals surface area contributed by atoms with Crippen LogP contribution in [0.15, 0.2) is 24.3 Å². The van der Waals surface area contributed by atoms with E-state index in [0.717, 1.165) is 16.5 Å². The van der Waals surface area contributed by atoms with Crippen LogP contribution in [0.5, 0.6) is 0 Å². The maximum atomic E-state index is 12.6. The molecular formula is C21H26N2O5. The molecule has 1 aromatic heterocycles. The highest BCUT2D eigenvalue weighted by molar-refractivity contribution is 5.99. The number of carbonyl (C=O) groups excluding carboxylic acids is 3. The van der Waals surface area contributed by atoms with Gasteiger partial charge in [-0.25, -0.2) is 9.59 Å². The number of benzene rings is 1. The van der Waals surface area contributed by atoms with E-state index in [1.54, 1.807) is 6.92 Å². The smallest absolute Gasteiger partial charge is 0.340 e. The summed E-state index contributed by atoms with van der Waals surface area (Å²) in [6, 6.07) is 6.73. The van der Waals surface area contributed by atoms with E-state index in [-0.39, 0.29) is 5.92 Å². The second kappa shape index (κ2) is 9.30. The van der Waals surface area contributed by atoms with Crippen LogP contribution in [0.4, 0.5) is 0 Å². The molecule has 1 N–H and O–H groups in total. The average molecular weight is 386 g/mol. The summed E-state index contributed by atoms with van der Waals surface area (Å²) in [6.45, 7) is 6.92. The van der Waals surface area contributed by atoms with E-state index in [1.165, 1.54) is 7.11 Å². The molecule has 7 nitrogen and oxygen atoms in total. The van der Waals surface area contributed by atoms with Crippen molar-refractivity contribution in [2.45, 2.75) is 40.2 Å². The molecule has 0 radical (unpaired) electrons. The lowest BCUT2D eigenvalue weighted by molar-refractivity contribution is -0.145. The van der Waals surface area contributed by atoms with Crippen molar-refractivity contribution >= 4 is 28.7 Å². The molecule has 150 valence electrons. The van der Waals surface area contributed by atoms with Gasteiger partial charge in [-0.05, 0) is 37.8 Å². The Hall–Kier alpha value is -2.96. The molecule has 0 bridgehead atoms. The molecule has 28 heavy (non-hydrogen) atoms. The van der Waals surface area contributed by atoms with E-state index >= 15 is 0 Å². The summed E-state index contributed by atoms with van der Waals surface area (Å²) in [4.78, 5) is 41.0. The zero-order chi connectivity index (χ0) is 20.8. The van der Waals surface area contributed by atoms with Crippen molar-refractivity contribution in [2.24, 2.45) is 5.92 Å². The normalized spacial score (nSPS) is 11.9. The van der Waals surface area contributed by atoms with Crippen LogP contribution in [0.25, 0.3) is 10.9 Å². The quantitative estimate of drug-likeness (QED) is 0.735. The minimum atomic E-state index is -0.776. The lowest BCUT2D eigenvalue weighted by Crippen LogP contribution is -2.44. The van der Waals surface area contributed by atoms with Crippen LogP contribution >= 0.6 is 0 Å². The minimum absolute atomic E-state index is 0.181. The van der Waals surface area contributed by atoms with Crippen LogP contribution in [-0.2, 0) is 19.1 Å². The summed E-state index contributed by atoms with van der Waals surface area (Å²) in [5, 5.41) is 3.41. The predicted octanol–water partition coefficient (Wildman–Crippen LogP) is 2.71. The molecule has 2 rings (SSSR count). The largest absolute Gasteiger partial charge is 0.467 e. The number of fused-ring (bicyclic) bond motifs is 1. The maximum absolute atomic E-state index is 12.6. The number of nitrogens with zero attached hydrogens (tertiary/aromatic N) is 1. The Morgan fingerprint density at radius 2 is 1.82 bits per heavy atom. The second-order valence-electron chi connectivity index (χ2n) is 7.06. The lowest BCUT2D eigenvalue weighted by Gasteiger charge is -2.18. The van der Waals surface area contributed by atoms with Gasteiger partial charge in [-0.3, -0.25) is 9.78 Å². The first-order chi connectivity index (χ1) is 13.2. The third-order valence-corrected chi connectivity index (χ3v) is 4.40. The van der Waals surface area contributed by atoms with Gasteiger partial charge in [-0.1, -0.05) is 32.0 Å². The van der Waals surface area contributed by atoms with E-state index < -0.39 is 30.5 Å². The van der Waals surface area contributed by atoms with Crippen LogP contribution in [0.3, 0.4) is 0 Å². The number of aromatic nitrogens is 1. The fourth-order valence-corrected chi connectivity index (χ4v) is 3.10. The van der Waals surface area contributed by atoms with Gasteiger partial charge in [0.25, 0.3) is 5.91 Å². The number of methoxy groups -OCH3 is 1. The summed E-state index contributed by atoms with van der Waals surface area (Å²) in [5.74, 6) is -1.53. The Morgan fingerprint density at radius 1 is 1.14 bits per heavy atom. The third kappa shape index (κ3) is 5.06. The molecule has 0 aliphatic heterocycles. The zero-order valence-electron chi connectivity index (χ0n) is 16.9. The molecule has 0 aliphatic rings. The number of aryl methyl sites for hydroxylation is 2. The van der Waals surface area contributed by atoms with E-state index in [2.05, 4.69) is 10.3 Å². The Kier molecular flexibility index (Phi) is 7.09. The SMILES string of the molecule is COC(=O)[C@H](CC(C)C)NC(=O)COC(=O)c1c(C)nc2ccccc2c1C. The number of hydrogen-bond donors (Lipinski definition) is 1. The number of carbonyl (C=O) groups is 3. The molecule has 0 saturated heterocycles. The summed E-state index contributed by atoms with van der Waals surface area (Å²) in [5.41, 5.74) is 2.43. The molecule has 0 saturated carbocycles. The van der Waals surface area contributed by atoms with E-state index in [1.807, 2.05) is 45.0 Å². The fourth-order valence-electron chi connectivity index (χ4n) is 3.10. The monoisotopic (exact) mass is 386 g/mol. The van der Waals surface area contributed by atoms with Crippen LogP contribution in [0, 0.1) is 19.8 Å². The standard InChI is InChI=1S/C21H26N2O5/c1-12(2)10-17(20(25)27-5)23-18(24)11-28-21(26)19-13(3)15-8-6-7-9-16(15)22-14(19)4/h6-9,12,17H,10-11H2,1-5H3,(H,23,24)/t17-/m0/s1. The molecule has 1 atom stereocenters. The summed E-state index contributed by atoms with van der Waals surface area (Å²) in [7, 11) is 1.26. The summed E-state index contributed by atoms with van der Waals surface area (Å²) in [6.07, 6.45) is 0.430. The van der Waals surface area contributed by atoms with E-state index in [0.29, 0.717) is 17.7 Å². The first-order valence-corrected chi connectivity index (χ1v) is 9.14. The van der Waals surface area contributed by atoms with Crippen LogP contribution in [0.2, 0.25) is 0 Å². The van der Waals surface area contributed by atoms with Gasteiger partial charge in [0.15, 0.2) is 6.61 Å². The van der Waals surface area contributed by atoms with Crippen molar-refractivity contribution in [2.75, 3.05) is 13.7 Å². The number of nitrogens with one attached hydrogen (secondary N) is 1. The first kappa shape index (κ1) is 21.3. The molecule has 1 aromatic carbocycles. The molecule has 0 spiro atoms. The Bertz CT molecular complexity index is 892. The summed E-state index contributed by atoms with van der Waals surface area (Å²) < 4.78 is 9.89. The van der Waals surface area contributed by atoms with Crippen molar-refractivity contribution in [1.29, 1.82) is 0 Å². The molecule has 1 amide bonds. The van der Waals surface area contributed by atoms with Crippen LogP contribution in [0.1, 0.15) is 41.9 Å². The number of amides is 1. The van der Waals surface area contributed by atoms with Gasteiger partial charge in [0.05, 0.1) is 23.9 Å². The van der Waals surface area contributed by atoms with Crippen molar-refractivity contribution < 1.29 is 23.9 Å². The number of pyridine rings is 1. The Morgan fingerprint density at radius 3 is 2.46 bits per heavy atom. The third-order valence-electron chi connectivity index (χ3n) is 4.40. The zero-order valence-corrected chi connectivity index (χ0v) is 16.9. The predicted molar refractivity (Wildman–Crippen MR) is 105 cm³/mol. The number of hydrogen-bond acceptors (Lipinski definition) is 6. The van der Waals surface area contributed by atoms with Gasteiger partial charge in [0.2, 0.25) is 0 Å². The molecule has 0 fully saturated rings. The lowest BCUT2D eigenvalue weighted by atomic mass is 10.0. The number of esters is 2. The second-order valence-corrected chi connectivity index (χ2v) is 7.06.